The van der Waals surface area contributed by atoms with Gasteiger partial charge < -0.3 is 9.47 Å². The van der Waals surface area contributed by atoms with Crippen LogP contribution in [0.3, 0.4) is 0 Å². The molecule has 1 aliphatic heterocycles. The fourth-order valence-electron chi connectivity index (χ4n) is 1.42. The van der Waals surface area contributed by atoms with Gasteiger partial charge in [0.2, 0.25) is 5.92 Å². The highest BCUT2D eigenvalue weighted by Crippen LogP contribution is 2.30. The Bertz CT molecular complexity index is 185. The molecule has 0 aromatic heterocycles. The molecule has 2 nitrogen and oxygen atoms in total. The molecule has 0 aromatic carbocycles. The Morgan fingerprint density at radius 3 is 2.50 bits per heavy atom. The van der Waals surface area contributed by atoms with Crippen molar-refractivity contribution in [3.05, 3.63) is 0 Å². The molecular weight excluding hydrogens is 190 g/mol. The summed E-state index contributed by atoms with van der Waals surface area (Å²) >= 11 is 0. The van der Waals surface area contributed by atoms with E-state index in [9.17, 15) is 8.78 Å². The van der Waals surface area contributed by atoms with Crippen LogP contribution in [0.5, 0.6) is 0 Å². The second kappa shape index (κ2) is 4.11. The topological polar surface area (TPSA) is 18.5 Å². The predicted molar refractivity (Wildman–Crippen MR) is 49.4 cm³/mol. The lowest BCUT2D eigenvalue weighted by molar-refractivity contribution is -0.312. The molecule has 2 atom stereocenters. The van der Waals surface area contributed by atoms with Gasteiger partial charge in [0.15, 0.2) is 5.79 Å². The van der Waals surface area contributed by atoms with Gasteiger partial charge in [-0.3, -0.25) is 0 Å². The van der Waals surface area contributed by atoms with Crippen molar-refractivity contribution in [3.63, 3.8) is 0 Å². The highest BCUT2D eigenvalue weighted by molar-refractivity contribution is 4.74. The van der Waals surface area contributed by atoms with Crippen molar-refractivity contribution < 1.29 is 18.3 Å². The fraction of sp³-hybridized carbons (Fsp3) is 1.00. The second-order valence-electron chi connectivity index (χ2n) is 4.27. The Hall–Kier alpha value is -0.220. The number of hydrogen-bond donors (Lipinski definition) is 0. The molecule has 84 valence electrons. The zero-order valence-corrected chi connectivity index (χ0v) is 8.98. The standard InChI is InChI=1S/C10H18F2O2/c1-8(4-5-9(2,11)12)14-10(3)6-7-13-10/h8H,4-7H2,1-3H3. The molecule has 0 radical (unpaired) electrons. The summed E-state index contributed by atoms with van der Waals surface area (Å²) in [5, 5.41) is 0. The summed E-state index contributed by atoms with van der Waals surface area (Å²) in [6.45, 7) is 5.28. The molecule has 1 saturated heterocycles. The van der Waals surface area contributed by atoms with E-state index < -0.39 is 11.7 Å². The summed E-state index contributed by atoms with van der Waals surface area (Å²) in [6.07, 6.45) is 0.901. The van der Waals surface area contributed by atoms with E-state index in [1.807, 2.05) is 6.92 Å². The quantitative estimate of drug-likeness (QED) is 0.691. The van der Waals surface area contributed by atoms with E-state index in [0.29, 0.717) is 13.0 Å². The zero-order chi connectivity index (χ0) is 10.8. The molecule has 0 aliphatic carbocycles. The van der Waals surface area contributed by atoms with E-state index in [-0.39, 0.29) is 12.5 Å². The van der Waals surface area contributed by atoms with Crippen LogP contribution in [0.4, 0.5) is 8.78 Å². The number of halogens is 2. The Kier molecular flexibility index (Phi) is 3.48. The first-order valence-corrected chi connectivity index (χ1v) is 5.00. The first-order chi connectivity index (χ1) is 6.31. The van der Waals surface area contributed by atoms with Crippen molar-refractivity contribution >= 4 is 0 Å². The molecule has 0 aromatic rings. The third-order valence-corrected chi connectivity index (χ3v) is 2.40. The third-order valence-electron chi connectivity index (χ3n) is 2.40. The van der Waals surface area contributed by atoms with Gasteiger partial charge in [-0.2, -0.15) is 0 Å². The molecule has 4 heteroatoms. The molecule has 1 heterocycles. The van der Waals surface area contributed by atoms with Crippen LogP contribution in [0.1, 0.15) is 40.0 Å². The van der Waals surface area contributed by atoms with Crippen LogP contribution in [-0.2, 0) is 9.47 Å². The minimum Gasteiger partial charge on any atom is -0.350 e. The summed E-state index contributed by atoms with van der Waals surface area (Å²) in [5.74, 6) is -3.12. The highest BCUT2D eigenvalue weighted by atomic mass is 19.3. The van der Waals surface area contributed by atoms with E-state index in [2.05, 4.69) is 0 Å². The van der Waals surface area contributed by atoms with Crippen molar-refractivity contribution in [2.45, 2.75) is 57.8 Å². The van der Waals surface area contributed by atoms with Gasteiger partial charge in [-0.15, -0.1) is 0 Å². The van der Waals surface area contributed by atoms with Gasteiger partial charge in [0, 0.05) is 12.8 Å². The summed E-state index contributed by atoms with van der Waals surface area (Å²) in [5.41, 5.74) is 0. The van der Waals surface area contributed by atoms with E-state index >= 15 is 0 Å². The van der Waals surface area contributed by atoms with Crippen molar-refractivity contribution in [2.75, 3.05) is 6.61 Å². The van der Waals surface area contributed by atoms with Crippen molar-refractivity contribution in [1.29, 1.82) is 0 Å². The molecule has 0 saturated carbocycles. The molecule has 14 heavy (non-hydrogen) atoms. The van der Waals surface area contributed by atoms with E-state index in [1.54, 1.807) is 6.92 Å². The van der Waals surface area contributed by atoms with Gasteiger partial charge >= 0.3 is 0 Å². The van der Waals surface area contributed by atoms with Crippen LogP contribution in [0, 0.1) is 0 Å². The SMILES string of the molecule is CC(CCC(C)(F)F)OC1(C)CCO1. The maximum atomic E-state index is 12.5. The molecule has 1 aliphatic rings. The number of alkyl halides is 2. The van der Waals surface area contributed by atoms with Crippen LogP contribution in [0.25, 0.3) is 0 Å². The molecule has 0 spiro atoms. The number of rotatable bonds is 5. The summed E-state index contributed by atoms with van der Waals surface area (Å²) in [6, 6.07) is 0. The molecule has 2 unspecified atom stereocenters. The lowest BCUT2D eigenvalue weighted by Gasteiger charge is -2.40. The summed E-state index contributed by atoms with van der Waals surface area (Å²) in [4.78, 5) is 0. The molecule has 0 amide bonds. The lowest BCUT2D eigenvalue weighted by Crippen LogP contribution is -2.45. The summed E-state index contributed by atoms with van der Waals surface area (Å²) < 4.78 is 35.8. The molecular formula is C10H18F2O2. The minimum absolute atomic E-state index is 0.135. The average Bonchev–Trinajstić information content (AvgIpc) is 1.97. The number of ether oxygens (including phenoxy) is 2. The Balaban J connectivity index is 2.19. The maximum Gasteiger partial charge on any atom is 0.245 e. The van der Waals surface area contributed by atoms with E-state index in [1.165, 1.54) is 0 Å². The third kappa shape index (κ3) is 3.88. The largest absolute Gasteiger partial charge is 0.350 e. The van der Waals surface area contributed by atoms with Crippen molar-refractivity contribution in [3.8, 4) is 0 Å². The molecule has 1 rings (SSSR count). The van der Waals surface area contributed by atoms with Gasteiger partial charge in [0.05, 0.1) is 12.7 Å². The van der Waals surface area contributed by atoms with Crippen LogP contribution in [-0.4, -0.2) is 24.4 Å². The Morgan fingerprint density at radius 1 is 1.57 bits per heavy atom. The summed E-state index contributed by atoms with van der Waals surface area (Å²) in [7, 11) is 0. The molecule has 0 N–H and O–H groups in total. The zero-order valence-electron chi connectivity index (χ0n) is 8.98. The lowest BCUT2D eigenvalue weighted by atomic mass is 10.1. The number of hydrogen-bond acceptors (Lipinski definition) is 2. The van der Waals surface area contributed by atoms with Gasteiger partial charge in [-0.25, -0.2) is 8.78 Å². The van der Waals surface area contributed by atoms with Crippen LogP contribution in [0.2, 0.25) is 0 Å². The van der Waals surface area contributed by atoms with E-state index in [0.717, 1.165) is 13.3 Å². The van der Waals surface area contributed by atoms with Crippen LogP contribution < -0.4 is 0 Å². The Morgan fingerprint density at radius 2 is 2.14 bits per heavy atom. The minimum atomic E-state index is -2.60. The van der Waals surface area contributed by atoms with E-state index in [4.69, 9.17) is 9.47 Å². The Labute approximate surface area is 83.6 Å². The predicted octanol–water partition coefficient (Wildman–Crippen LogP) is 2.96. The second-order valence-corrected chi connectivity index (χ2v) is 4.27. The van der Waals surface area contributed by atoms with Gasteiger partial charge in [0.1, 0.15) is 0 Å². The van der Waals surface area contributed by atoms with Gasteiger partial charge in [-0.1, -0.05) is 0 Å². The monoisotopic (exact) mass is 208 g/mol. The average molecular weight is 208 g/mol. The highest BCUT2D eigenvalue weighted by Gasteiger charge is 2.36. The van der Waals surface area contributed by atoms with Crippen LogP contribution in [0.15, 0.2) is 0 Å². The van der Waals surface area contributed by atoms with Crippen molar-refractivity contribution in [1.82, 2.24) is 0 Å². The smallest absolute Gasteiger partial charge is 0.245 e. The molecule has 1 fully saturated rings. The normalized spacial score (nSPS) is 29.8. The first kappa shape index (κ1) is 11.9. The van der Waals surface area contributed by atoms with Crippen LogP contribution >= 0.6 is 0 Å². The van der Waals surface area contributed by atoms with Gasteiger partial charge in [0.25, 0.3) is 0 Å². The first-order valence-electron chi connectivity index (χ1n) is 5.00. The van der Waals surface area contributed by atoms with Gasteiger partial charge in [-0.05, 0) is 27.2 Å². The van der Waals surface area contributed by atoms with Crippen molar-refractivity contribution in [2.24, 2.45) is 0 Å². The fourth-order valence-corrected chi connectivity index (χ4v) is 1.42. The maximum absolute atomic E-state index is 12.5. The molecule has 0 bridgehead atoms.